The lowest BCUT2D eigenvalue weighted by molar-refractivity contribution is -0.691. The van der Waals surface area contributed by atoms with Gasteiger partial charge in [0.1, 0.15) is 28.8 Å². The second kappa shape index (κ2) is 12.0. The number of aliphatic hydroxyl groups is 2. The van der Waals surface area contributed by atoms with Crippen LogP contribution in [0.15, 0.2) is 115 Å². The molecule has 0 radical (unpaired) electrons. The molecule has 0 bridgehead atoms. The molecular weight excluding hydrogens is 632 g/mol. The van der Waals surface area contributed by atoms with Crippen molar-refractivity contribution in [3.05, 3.63) is 132 Å². The smallest absolute Gasteiger partial charge is 0.270 e. The van der Waals surface area contributed by atoms with Gasteiger partial charge in [-0.1, -0.05) is 42.5 Å². The number of fused-ring (bicyclic) bond motifs is 3. The molecule has 0 aliphatic carbocycles. The highest BCUT2D eigenvalue weighted by Gasteiger charge is 2.32. The first kappa shape index (κ1) is 30.0. The Labute approximate surface area is 283 Å². The minimum atomic E-state index is -0.482. The van der Waals surface area contributed by atoms with E-state index in [4.69, 9.17) is 10.4 Å². The van der Waals surface area contributed by atoms with Gasteiger partial charge in [-0.15, -0.1) is 0 Å². The molecule has 0 saturated heterocycles. The van der Waals surface area contributed by atoms with E-state index in [9.17, 15) is 20.3 Å². The van der Waals surface area contributed by atoms with E-state index in [2.05, 4.69) is 31.4 Å². The molecule has 0 fully saturated rings. The van der Waals surface area contributed by atoms with Crippen molar-refractivity contribution in [2.24, 2.45) is 0 Å². The van der Waals surface area contributed by atoms with Crippen molar-refractivity contribution >= 4 is 55.9 Å². The SMILES string of the molecule is N#CC(=C(O)C[n+]1ccc(-c2cc(C(=O)NN3CC(O)=C(c4nc5ccccc5[nH]4)C3=N)c3ccccc3n2)cc1)c1nc2ccccc2[nH]1. The quantitative estimate of drug-likeness (QED) is 0.0749. The Morgan fingerprint density at radius 1 is 0.920 bits per heavy atom. The van der Waals surface area contributed by atoms with Crippen LogP contribution in [0.25, 0.3) is 55.4 Å². The first-order valence-electron chi connectivity index (χ1n) is 15.6. The zero-order valence-electron chi connectivity index (χ0n) is 26.2. The maximum Gasteiger partial charge on any atom is 0.270 e. The van der Waals surface area contributed by atoms with Crippen molar-refractivity contribution < 1.29 is 19.6 Å². The summed E-state index contributed by atoms with van der Waals surface area (Å²) in [5, 5.41) is 42.1. The number of amidine groups is 1. The third-order valence-electron chi connectivity index (χ3n) is 8.47. The number of aromatic amines is 2. The van der Waals surface area contributed by atoms with Gasteiger partial charge in [0.2, 0.25) is 6.54 Å². The van der Waals surface area contributed by atoms with E-state index in [1.807, 2.05) is 66.7 Å². The highest BCUT2D eigenvalue weighted by molar-refractivity contribution is 6.23. The predicted molar refractivity (Wildman–Crippen MR) is 186 cm³/mol. The predicted octanol–water partition coefficient (Wildman–Crippen LogP) is 5.34. The molecule has 8 rings (SSSR count). The van der Waals surface area contributed by atoms with Crippen LogP contribution in [0.4, 0.5) is 0 Å². The molecule has 0 atom stereocenters. The second-order valence-electron chi connectivity index (χ2n) is 11.7. The molecular formula is C37H27N10O3+. The number of rotatable bonds is 7. The number of hydrogen-bond acceptors (Lipinski definition) is 8. The summed E-state index contributed by atoms with van der Waals surface area (Å²) in [6.45, 7) is -0.0750. The number of nitriles is 1. The van der Waals surface area contributed by atoms with Crippen molar-refractivity contribution in [1.82, 2.24) is 35.4 Å². The molecule has 1 aliphatic heterocycles. The fourth-order valence-electron chi connectivity index (χ4n) is 6.00. The third-order valence-corrected chi connectivity index (χ3v) is 8.47. The summed E-state index contributed by atoms with van der Waals surface area (Å²) in [5.41, 5.74) is 8.11. The van der Waals surface area contributed by atoms with Crippen LogP contribution in [0.3, 0.4) is 0 Å². The Hall–Kier alpha value is -7.33. The van der Waals surface area contributed by atoms with Gasteiger partial charge in [-0.3, -0.25) is 20.6 Å². The van der Waals surface area contributed by atoms with Crippen LogP contribution in [-0.4, -0.2) is 58.4 Å². The molecule has 13 nitrogen and oxygen atoms in total. The van der Waals surface area contributed by atoms with Gasteiger partial charge in [0.25, 0.3) is 5.91 Å². The number of carbonyl (C=O) groups is 1. The molecule has 6 N–H and O–H groups in total. The van der Waals surface area contributed by atoms with Gasteiger partial charge in [-0.05, 0) is 36.4 Å². The molecule has 5 heterocycles. The summed E-state index contributed by atoms with van der Waals surface area (Å²) in [6.07, 6.45) is 3.49. The number of hydrazine groups is 1. The molecule has 0 saturated carbocycles. The van der Waals surface area contributed by atoms with Crippen LogP contribution < -0.4 is 9.99 Å². The van der Waals surface area contributed by atoms with Gasteiger partial charge < -0.3 is 20.2 Å². The van der Waals surface area contributed by atoms with Crippen molar-refractivity contribution in [3.63, 3.8) is 0 Å². The molecule has 1 aliphatic rings. The average Bonchev–Trinajstić information content (AvgIpc) is 3.82. The Bertz CT molecular complexity index is 2540. The number of carbonyl (C=O) groups excluding carboxylic acids is 1. The standard InChI is InChI=1S/C37H26N10O3/c38-18-24(35-41-26-9-3-4-10-27(26)42-35)31(48)19-46-15-13-21(14-16-46)30-17-23(22-7-1-2-8-25(22)40-30)37(50)45-47-20-32(49)33(34(47)39)36-43-28-11-5-6-12-29(28)44-36/h1-17,40H,19-20H2,(H4,39,41,42,43,44,45,48,49,50)/p+1. The number of imidazole rings is 2. The number of allylic oxidation sites excluding steroid dienone is 2. The number of amides is 1. The zero-order valence-corrected chi connectivity index (χ0v) is 26.2. The monoisotopic (exact) mass is 659 g/mol. The summed E-state index contributed by atoms with van der Waals surface area (Å²) in [4.78, 5) is 33.8. The Morgan fingerprint density at radius 2 is 1.58 bits per heavy atom. The van der Waals surface area contributed by atoms with Crippen LogP contribution in [0.1, 0.15) is 22.0 Å². The molecule has 50 heavy (non-hydrogen) atoms. The summed E-state index contributed by atoms with van der Waals surface area (Å²) in [5.74, 6) is -0.195. The van der Waals surface area contributed by atoms with Gasteiger partial charge in [0, 0.05) is 23.1 Å². The minimum Gasteiger partial charge on any atom is -0.509 e. The highest BCUT2D eigenvalue weighted by Crippen LogP contribution is 2.28. The fraction of sp³-hybridized carbons (Fsp3) is 0.0541. The second-order valence-corrected chi connectivity index (χ2v) is 11.7. The molecule has 1 amide bonds. The van der Waals surface area contributed by atoms with Crippen LogP contribution >= 0.6 is 0 Å². The Kier molecular flexibility index (Phi) is 7.23. The molecule has 4 aromatic heterocycles. The van der Waals surface area contributed by atoms with E-state index in [1.54, 1.807) is 41.2 Å². The van der Waals surface area contributed by atoms with Gasteiger partial charge in [-0.2, -0.15) is 9.83 Å². The first-order valence-corrected chi connectivity index (χ1v) is 15.6. The van der Waals surface area contributed by atoms with Gasteiger partial charge in [0.15, 0.2) is 29.8 Å². The topological polar surface area (TPSA) is 195 Å². The van der Waals surface area contributed by atoms with Crippen LogP contribution in [0, 0.1) is 16.7 Å². The zero-order chi connectivity index (χ0) is 34.4. The van der Waals surface area contributed by atoms with Gasteiger partial charge in [-0.25, -0.2) is 15.0 Å². The number of nitrogens with one attached hydrogen (secondary N) is 4. The lowest BCUT2D eigenvalue weighted by Gasteiger charge is -2.20. The number of aromatic nitrogens is 6. The number of nitrogens with zero attached hydrogens (tertiary/aromatic N) is 6. The number of pyridine rings is 2. The fourth-order valence-corrected chi connectivity index (χ4v) is 6.00. The molecule has 0 spiro atoms. The van der Waals surface area contributed by atoms with Crippen molar-refractivity contribution in [2.75, 3.05) is 6.54 Å². The average molecular weight is 660 g/mol. The number of para-hydroxylation sites is 5. The lowest BCUT2D eigenvalue weighted by atomic mass is 10.0. The number of H-pyrrole nitrogens is 2. The Balaban J connectivity index is 1.04. The number of aliphatic hydroxyl groups excluding tert-OH is 2. The first-order chi connectivity index (χ1) is 24.4. The van der Waals surface area contributed by atoms with Gasteiger partial charge >= 0.3 is 0 Å². The summed E-state index contributed by atoms with van der Waals surface area (Å²) < 4.78 is 1.71. The molecule has 13 heteroatoms. The van der Waals surface area contributed by atoms with E-state index in [-0.39, 0.29) is 47.4 Å². The van der Waals surface area contributed by atoms with Crippen molar-refractivity contribution in [1.29, 1.82) is 10.7 Å². The maximum absolute atomic E-state index is 13.8. The van der Waals surface area contributed by atoms with E-state index in [0.29, 0.717) is 44.6 Å². The van der Waals surface area contributed by atoms with Crippen LogP contribution in [-0.2, 0) is 6.54 Å². The highest BCUT2D eigenvalue weighted by atomic mass is 16.3. The Morgan fingerprint density at radius 3 is 2.28 bits per heavy atom. The van der Waals surface area contributed by atoms with Crippen molar-refractivity contribution in [3.8, 4) is 17.3 Å². The summed E-state index contributed by atoms with van der Waals surface area (Å²) >= 11 is 0. The molecule has 0 unspecified atom stereocenters. The lowest BCUT2D eigenvalue weighted by Crippen LogP contribution is -2.44. The van der Waals surface area contributed by atoms with Crippen LogP contribution in [0.5, 0.6) is 0 Å². The third kappa shape index (κ3) is 5.32. The van der Waals surface area contributed by atoms with E-state index >= 15 is 0 Å². The maximum atomic E-state index is 13.8. The number of benzene rings is 3. The minimum absolute atomic E-state index is 0.0255. The van der Waals surface area contributed by atoms with Crippen molar-refractivity contribution in [2.45, 2.75) is 6.54 Å². The normalized spacial score (nSPS) is 13.7. The van der Waals surface area contributed by atoms with Crippen LogP contribution in [0.2, 0.25) is 0 Å². The summed E-state index contributed by atoms with van der Waals surface area (Å²) in [6, 6.07) is 29.4. The van der Waals surface area contributed by atoms with E-state index in [1.165, 1.54) is 5.01 Å². The summed E-state index contributed by atoms with van der Waals surface area (Å²) in [7, 11) is 0. The van der Waals surface area contributed by atoms with Gasteiger partial charge in [0.05, 0.1) is 45.4 Å². The largest absolute Gasteiger partial charge is 0.509 e. The molecule has 242 valence electrons. The molecule has 7 aromatic rings. The van der Waals surface area contributed by atoms with E-state index in [0.717, 1.165) is 11.0 Å². The molecule has 3 aromatic carbocycles. The van der Waals surface area contributed by atoms with E-state index < -0.39 is 5.91 Å². The number of hydrogen-bond donors (Lipinski definition) is 6.